The Labute approximate surface area is 191 Å². The van der Waals surface area contributed by atoms with Gasteiger partial charge in [0.1, 0.15) is 5.82 Å². The smallest absolute Gasteiger partial charge is 0.271 e. The summed E-state index contributed by atoms with van der Waals surface area (Å²) in [6.45, 7) is 3.51. The lowest BCUT2D eigenvalue weighted by atomic mass is 9.95. The van der Waals surface area contributed by atoms with Crippen molar-refractivity contribution in [1.82, 2.24) is 9.80 Å². The lowest BCUT2D eigenvalue weighted by Crippen LogP contribution is -2.68. The number of amides is 3. The molecule has 3 aliphatic heterocycles. The summed E-state index contributed by atoms with van der Waals surface area (Å²) >= 11 is 0. The Bertz CT molecular complexity index is 1150. The van der Waals surface area contributed by atoms with Gasteiger partial charge in [0, 0.05) is 57.4 Å². The van der Waals surface area contributed by atoms with E-state index in [4.69, 9.17) is 0 Å². The van der Waals surface area contributed by atoms with E-state index in [-0.39, 0.29) is 30.3 Å². The third-order valence-corrected chi connectivity index (χ3v) is 6.93. The van der Waals surface area contributed by atoms with E-state index in [0.29, 0.717) is 11.3 Å². The molecule has 1 atom stereocenters. The molecule has 0 saturated carbocycles. The molecule has 0 radical (unpaired) electrons. The van der Waals surface area contributed by atoms with Crippen LogP contribution in [0, 0.1) is 5.82 Å². The van der Waals surface area contributed by atoms with Gasteiger partial charge in [-0.1, -0.05) is 6.07 Å². The average Bonchev–Trinajstić information content (AvgIpc) is 3.16. The minimum Gasteiger partial charge on any atom is -0.369 e. The van der Waals surface area contributed by atoms with Gasteiger partial charge < -0.3 is 20.0 Å². The fourth-order valence-electron chi connectivity index (χ4n) is 5.02. The number of rotatable bonds is 3. The topological polar surface area (TPSA) is 76.2 Å². The maximum absolute atomic E-state index is 13.7. The second kappa shape index (κ2) is 7.84. The molecule has 1 N–H and O–H groups in total. The number of hydrogen-bond donors (Lipinski definition) is 1. The first-order valence-corrected chi connectivity index (χ1v) is 11.1. The molecule has 2 aromatic rings. The lowest BCUT2D eigenvalue weighted by Gasteiger charge is -2.47. The van der Waals surface area contributed by atoms with Gasteiger partial charge >= 0.3 is 0 Å². The van der Waals surface area contributed by atoms with Crippen molar-refractivity contribution in [3.63, 3.8) is 0 Å². The molecule has 3 amide bonds. The first kappa shape index (κ1) is 21.4. The molecule has 5 rings (SSSR count). The molecule has 1 unspecified atom stereocenters. The van der Waals surface area contributed by atoms with Gasteiger partial charge in [0.05, 0.1) is 11.3 Å². The van der Waals surface area contributed by atoms with Gasteiger partial charge in [-0.05, 0) is 43.4 Å². The molecule has 3 heterocycles. The first-order chi connectivity index (χ1) is 15.8. The maximum atomic E-state index is 13.7. The van der Waals surface area contributed by atoms with Crippen molar-refractivity contribution in [2.24, 2.45) is 0 Å². The zero-order valence-corrected chi connectivity index (χ0v) is 18.7. The molecule has 33 heavy (non-hydrogen) atoms. The van der Waals surface area contributed by atoms with Crippen LogP contribution in [0.2, 0.25) is 0 Å². The van der Waals surface area contributed by atoms with Gasteiger partial charge in [0.15, 0.2) is 0 Å². The van der Waals surface area contributed by atoms with Crippen LogP contribution in [0.5, 0.6) is 0 Å². The van der Waals surface area contributed by atoms with E-state index >= 15 is 0 Å². The Balaban J connectivity index is 1.55. The number of anilines is 3. The van der Waals surface area contributed by atoms with Crippen molar-refractivity contribution in [3.05, 3.63) is 53.8 Å². The summed E-state index contributed by atoms with van der Waals surface area (Å²) in [6.07, 6.45) is 0.291. The van der Waals surface area contributed by atoms with Crippen LogP contribution in [0.4, 0.5) is 21.5 Å². The minimum absolute atomic E-state index is 0.131. The Hall–Kier alpha value is -3.46. The van der Waals surface area contributed by atoms with Gasteiger partial charge in [-0.25, -0.2) is 4.39 Å². The van der Waals surface area contributed by atoms with Crippen LogP contribution in [0.1, 0.15) is 23.2 Å². The van der Waals surface area contributed by atoms with E-state index in [0.717, 1.165) is 31.9 Å². The fraction of sp³-hybridized carbons (Fsp3) is 0.375. The van der Waals surface area contributed by atoms with Crippen molar-refractivity contribution in [3.8, 4) is 0 Å². The molecule has 2 aromatic carbocycles. The molecule has 0 bridgehead atoms. The summed E-state index contributed by atoms with van der Waals surface area (Å²) in [5.41, 5.74) is 0.518. The van der Waals surface area contributed by atoms with Crippen molar-refractivity contribution in [2.75, 3.05) is 55.4 Å². The molecule has 0 spiro atoms. The second-order valence-electron chi connectivity index (χ2n) is 8.87. The van der Waals surface area contributed by atoms with E-state index in [1.54, 1.807) is 12.1 Å². The predicted octanol–water partition coefficient (Wildman–Crippen LogP) is 2.12. The number of hydrogen-bond acceptors (Lipinski definition) is 5. The van der Waals surface area contributed by atoms with Crippen LogP contribution < -0.4 is 15.1 Å². The molecular weight excluding hydrogens is 425 g/mol. The number of halogens is 1. The Kier molecular flexibility index (Phi) is 5.08. The number of benzene rings is 2. The largest absolute Gasteiger partial charge is 0.369 e. The fourth-order valence-corrected chi connectivity index (χ4v) is 5.02. The zero-order valence-electron chi connectivity index (χ0n) is 18.7. The SMILES string of the molecule is CN1CCN(c2ccc3c(c2)N2C(=O)CCC2(C(=O)Nc2cccc(F)c2)N(C)C3=O)CC1. The highest BCUT2D eigenvalue weighted by molar-refractivity contribution is 6.18. The van der Waals surface area contributed by atoms with Crippen molar-refractivity contribution < 1.29 is 18.8 Å². The van der Waals surface area contributed by atoms with Gasteiger partial charge in [-0.15, -0.1) is 0 Å². The Morgan fingerprint density at radius 2 is 1.79 bits per heavy atom. The van der Waals surface area contributed by atoms with Crippen LogP contribution in [0.3, 0.4) is 0 Å². The number of carbonyl (C=O) groups is 3. The van der Waals surface area contributed by atoms with Crippen LogP contribution in [0.25, 0.3) is 0 Å². The van der Waals surface area contributed by atoms with Crippen LogP contribution in [-0.4, -0.2) is 73.5 Å². The van der Waals surface area contributed by atoms with Crippen LogP contribution in [0.15, 0.2) is 42.5 Å². The molecule has 8 nitrogen and oxygen atoms in total. The quantitative estimate of drug-likeness (QED) is 0.774. The number of carbonyl (C=O) groups excluding carboxylic acids is 3. The summed E-state index contributed by atoms with van der Waals surface area (Å²) in [4.78, 5) is 47.3. The summed E-state index contributed by atoms with van der Waals surface area (Å²) < 4.78 is 13.7. The van der Waals surface area contributed by atoms with Gasteiger partial charge in [-0.2, -0.15) is 0 Å². The van der Waals surface area contributed by atoms with E-state index < -0.39 is 17.4 Å². The maximum Gasteiger partial charge on any atom is 0.271 e. The van der Waals surface area contributed by atoms with Crippen LogP contribution in [-0.2, 0) is 9.59 Å². The summed E-state index contributed by atoms with van der Waals surface area (Å²) in [7, 11) is 3.61. The van der Waals surface area contributed by atoms with Gasteiger partial charge in [0.25, 0.3) is 11.8 Å². The molecule has 0 aliphatic carbocycles. The number of fused-ring (bicyclic) bond motifs is 3. The molecule has 3 aliphatic rings. The van der Waals surface area contributed by atoms with Gasteiger partial charge in [0.2, 0.25) is 11.6 Å². The molecule has 172 valence electrons. The number of likely N-dealkylation sites (N-methyl/N-ethyl adjacent to an activating group) is 2. The molecular formula is C24H26FN5O3. The highest BCUT2D eigenvalue weighted by atomic mass is 19.1. The predicted molar refractivity (Wildman–Crippen MR) is 123 cm³/mol. The highest BCUT2D eigenvalue weighted by Crippen LogP contribution is 2.45. The van der Waals surface area contributed by atoms with E-state index in [9.17, 15) is 18.8 Å². The van der Waals surface area contributed by atoms with Crippen molar-refractivity contribution in [1.29, 1.82) is 0 Å². The van der Waals surface area contributed by atoms with E-state index in [1.165, 1.54) is 35.0 Å². The molecule has 2 fully saturated rings. The minimum atomic E-state index is -1.51. The third-order valence-electron chi connectivity index (χ3n) is 6.93. The highest BCUT2D eigenvalue weighted by Gasteiger charge is 2.59. The molecule has 9 heteroatoms. The molecule has 2 saturated heterocycles. The van der Waals surface area contributed by atoms with Crippen molar-refractivity contribution in [2.45, 2.75) is 18.5 Å². The number of nitrogens with zero attached hydrogens (tertiary/aromatic N) is 4. The third kappa shape index (κ3) is 3.34. The number of piperazine rings is 1. The van der Waals surface area contributed by atoms with Crippen LogP contribution >= 0.6 is 0 Å². The average molecular weight is 452 g/mol. The summed E-state index contributed by atoms with van der Waals surface area (Å²) in [5.74, 6) is -1.57. The Morgan fingerprint density at radius 1 is 1.03 bits per heavy atom. The zero-order chi connectivity index (χ0) is 23.3. The van der Waals surface area contributed by atoms with Gasteiger partial charge in [-0.3, -0.25) is 19.3 Å². The normalized spacial score (nSPS) is 22.9. The summed E-state index contributed by atoms with van der Waals surface area (Å²) in [6, 6.07) is 11.0. The standard InChI is InChI=1S/C24H26FN5O3/c1-27-10-12-29(13-11-27)18-6-7-19-20(15-18)30-21(31)8-9-24(30,28(2)22(19)32)23(33)26-17-5-3-4-16(25)14-17/h3-7,14-15H,8-13H2,1-2H3,(H,26,33). The van der Waals surface area contributed by atoms with E-state index in [2.05, 4.69) is 22.2 Å². The van der Waals surface area contributed by atoms with Crippen molar-refractivity contribution >= 4 is 34.8 Å². The lowest BCUT2D eigenvalue weighted by molar-refractivity contribution is -0.128. The number of nitrogens with one attached hydrogen (secondary N) is 1. The summed E-state index contributed by atoms with van der Waals surface area (Å²) in [5, 5.41) is 2.72. The van der Waals surface area contributed by atoms with E-state index in [1.807, 2.05) is 12.1 Å². The second-order valence-corrected chi connectivity index (χ2v) is 8.87. The molecule has 0 aromatic heterocycles. The monoisotopic (exact) mass is 451 g/mol. The first-order valence-electron chi connectivity index (χ1n) is 11.1. The Morgan fingerprint density at radius 3 is 2.52 bits per heavy atom.